The standard InChI is InChI=1S/C23H22F2N4OS/c1-22(2,21-9-4-15-10-17(31-3)6-8-20(15)28-21)23(30,12-29-14-26-13-27-29)18-7-5-16(24)11-19(18)25/h4-11,13-14,30H,12H2,1-3H3. The second-order valence-corrected chi connectivity index (χ2v) is 8.84. The van der Waals surface area contributed by atoms with Crippen LogP contribution in [-0.4, -0.2) is 31.1 Å². The number of nitrogens with zero attached hydrogens (tertiary/aromatic N) is 4. The van der Waals surface area contributed by atoms with Crippen molar-refractivity contribution in [2.45, 2.75) is 36.3 Å². The highest BCUT2D eigenvalue weighted by Crippen LogP contribution is 2.44. The van der Waals surface area contributed by atoms with Crippen molar-refractivity contribution in [3.63, 3.8) is 0 Å². The number of pyridine rings is 1. The van der Waals surface area contributed by atoms with Gasteiger partial charge in [-0.3, -0.25) is 4.98 Å². The molecule has 0 saturated heterocycles. The van der Waals surface area contributed by atoms with Gasteiger partial charge < -0.3 is 5.11 Å². The molecule has 0 spiro atoms. The van der Waals surface area contributed by atoms with Gasteiger partial charge in [0.25, 0.3) is 0 Å². The van der Waals surface area contributed by atoms with E-state index in [0.29, 0.717) is 5.69 Å². The quantitative estimate of drug-likeness (QED) is 0.441. The zero-order valence-electron chi connectivity index (χ0n) is 17.4. The van der Waals surface area contributed by atoms with Crippen molar-refractivity contribution < 1.29 is 13.9 Å². The largest absolute Gasteiger partial charge is 0.382 e. The van der Waals surface area contributed by atoms with E-state index in [-0.39, 0.29) is 12.1 Å². The third-order valence-corrected chi connectivity index (χ3v) is 6.53. The number of halogens is 2. The van der Waals surface area contributed by atoms with E-state index in [1.165, 1.54) is 23.4 Å². The van der Waals surface area contributed by atoms with E-state index in [0.717, 1.165) is 27.9 Å². The Kier molecular flexibility index (Phi) is 5.53. The van der Waals surface area contributed by atoms with Crippen LogP contribution in [0.5, 0.6) is 0 Å². The van der Waals surface area contributed by atoms with Crippen LogP contribution in [0.1, 0.15) is 25.1 Å². The Morgan fingerprint density at radius 1 is 1.06 bits per heavy atom. The zero-order valence-corrected chi connectivity index (χ0v) is 18.2. The molecule has 0 amide bonds. The number of hydrogen-bond donors (Lipinski definition) is 1. The predicted molar refractivity (Wildman–Crippen MR) is 117 cm³/mol. The molecule has 5 nitrogen and oxygen atoms in total. The van der Waals surface area contributed by atoms with Gasteiger partial charge in [0.2, 0.25) is 0 Å². The summed E-state index contributed by atoms with van der Waals surface area (Å²) in [5.41, 5.74) is -1.55. The predicted octanol–water partition coefficient (Wildman–Crippen LogP) is 4.69. The van der Waals surface area contributed by atoms with Crippen molar-refractivity contribution in [2.24, 2.45) is 0 Å². The number of aromatic nitrogens is 4. The van der Waals surface area contributed by atoms with E-state index in [9.17, 15) is 13.9 Å². The molecule has 4 rings (SSSR count). The van der Waals surface area contributed by atoms with Crippen molar-refractivity contribution in [2.75, 3.05) is 6.26 Å². The SMILES string of the molecule is CSc1ccc2nc(C(C)(C)C(O)(Cn3cncn3)c3ccc(F)cc3F)ccc2c1. The summed E-state index contributed by atoms with van der Waals surface area (Å²) in [7, 11) is 0. The molecule has 2 heterocycles. The Morgan fingerprint density at radius 3 is 2.55 bits per heavy atom. The Balaban J connectivity index is 1.87. The summed E-state index contributed by atoms with van der Waals surface area (Å²) in [6.07, 6.45) is 4.79. The van der Waals surface area contributed by atoms with Crippen molar-refractivity contribution in [3.05, 3.63) is 84.1 Å². The molecule has 0 saturated carbocycles. The van der Waals surface area contributed by atoms with Crippen LogP contribution in [0.3, 0.4) is 0 Å². The summed E-state index contributed by atoms with van der Waals surface area (Å²) in [6, 6.07) is 12.9. The summed E-state index contributed by atoms with van der Waals surface area (Å²) in [5.74, 6) is -1.54. The molecule has 2 aromatic heterocycles. The summed E-state index contributed by atoms with van der Waals surface area (Å²) >= 11 is 1.64. The average Bonchev–Trinajstić information content (AvgIpc) is 3.25. The fourth-order valence-corrected chi connectivity index (χ4v) is 4.23. The first kappa shape index (κ1) is 21.4. The second-order valence-electron chi connectivity index (χ2n) is 7.96. The van der Waals surface area contributed by atoms with E-state index >= 15 is 0 Å². The molecule has 0 bridgehead atoms. The number of rotatable bonds is 6. The molecular formula is C23H22F2N4OS. The van der Waals surface area contributed by atoms with Crippen LogP contribution in [0, 0.1) is 11.6 Å². The minimum absolute atomic E-state index is 0.0333. The molecule has 0 aliphatic heterocycles. The lowest BCUT2D eigenvalue weighted by atomic mass is 9.68. The number of hydrogen-bond acceptors (Lipinski definition) is 5. The van der Waals surface area contributed by atoms with Gasteiger partial charge in [-0.15, -0.1) is 11.8 Å². The fraction of sp³-hybridized carbons (Fsp3) is 0.261. The van der Waals surface area contributed by atoms with Gasteiger partial charge in [-0.05, 0) is 36.6 Å². The molecule has 1 unspecified atom stereocenters. The van der Waals surface area contributed by atoms with Crippen molar-refractivity contribution in [3.8, 4) is 0 Å². The zero-order chi connectivity index (χ0) is 22.2. The monoisotopic (exact) mass is 440 g/mol. The highest BCUT2D eigenvalue weighted by atomic mass is 32.2. The lowest BCUT2D eigenvalue weighted by molar-refractivity contribution is -0.0542. The maximum atomic E-state index is 14.9. The van der Waals surface area contributed by atoms with Gasteiger partial charge >= 0.3 is 0 Å². The van der Waals surface area contributed by atoms with Gasteiger partial charge in [-0.25, -0.2) is 18.4 Å². The maximum absolute atomic E-state index is 14.9. The summed E-state index contributed by atoms with van der Waals surface area (Å²) < 4.78 is 29.9. The van der Waals surface area contributed by atoms with Gasteiger partial charge in [0.1, 0.15) is 29.9 Å². The third-order valence-electron chi connectivity index (χ3n) is 5.80. The van der Waals surface area contributed by atoms with E-state index in [2.05, 4.69) is 10.1 Å². The first-order valence-electron chi connectivity index (χ1n) is 9.70. The summed E-state index contributed by atoms with van der Waals surface area (Å²) in [5, 5.41) is 17.0. The van der Waals surface area contributed by atoms with Crippen LogP contribution in [-0.2, 0) is 17.6 Å². The van der Waals surface area contributed by atoms with Gasteiger partial charge in [0.15, 0.2) is 0 Å². The molecule has 1 atom stereocenters. The highest BCUT2D eigenvalue weighted by Gasteiger charge is 2.49. The van der Waals surface area contributed by atoms with E-state index in [4.69, 9.17) is 4.98 Å². The van der Waals surface area contributed by atoms with E-state index in [1.54, 1.807) is 25.6 Å². The Hall–Kier alpha value is -2.84. The molecule has 160 valence electrons. The van der Waals surface area contributed by atoms with Crippen LogP contribution in [0.15, 0.2) is 66.1 Å². The van der Waals surface area contributed by atoms with Gasteiger partial charge in [-0.2, -0.15) is 5.10 Å². The average molecular weight is 441 g/mol. The van der Waals surface area contributed by atoms with Gasteiger partial charge in [0.05, 0.1) is 17.8 Å². The first-order chi connectivity index (χ1) is 14.7. The number of thioether (sulfide) groups is 1. The Morgan fingerprint density at radius 2 is 1.87 bits per heavy atom. The second kappa shape index (κ2) is 8.01. The lowest BCUT2D eigenvalue weighted by Crippen LogP contribution is -2.49. The van der Waals surface area contributed by atoms with Gasteiger partial charge in [-0.1, -0.05) is 26.0 Å². The molecule has 0 radical (unpaired) electrons. The molecule has 0 aliphatic carbocycles. The van der Waals surface area contributed by atoms with Gasteiger partial charge in [0, 0.05) is 27.3 Å². The van der Waals surface area contributed by atoms with Crippen LogP contribution in [0.2, 0.25) is 0 Å². The van der Waals surface area contributed by atoms with Crippen LogP contribution in [0.4, 0.5) is 8.78 Å². The van der Waals surface area contributed by atoms with Crippen LogP contribution < -0.4 is 0 Å². The Bertz CT molecular complexity index is 1230. The minimum Gasteiger partial charge on any atom is -0.382 e. The summed E-state index contributed by atoms with van der Waals surface area (Å²) in [6.45, 7) is 3.49. The normalized spacial score (nSPS) is 14.0. The van der Waals surface area contributed by atoms with Crippen molar-refractivity contribution in [1.82, 2.24) is 19.7 Å². The van der Waals surface area contributed by atoms with Crippen molar-refractivity contribution >= 4 is 22.7 Å². The maximum Gasteiger partial charge on any atom is 0.137 e. The van der Waals surface area contributed by atoms with Crippen molar-refractivity contribution in [1.29, 1.82) is 0 Å². The molecule has 0 fully saturated rings. The minimum atomic E-state index is -1.79. The molecule has 0 aliphatic rings. The first-order valence-corrected chi connectivity index (χ1v) is 10.9. The molecule has 8 heteroatoms. The summed E-state index contributed by atoms with van der Waals surface area (Å²) in [4.78, 5) is 9.82. The number of fused-ring (bicyclic) bond motifs is 1. The van der Waals surface area contributed by atoms with Crippen LogP contribution >= 0.6 is 11.8 Å². The smallest absolute Gasteiger partial charge is 0.137 e. The Labute approximate surface area is 183 Å². The molecule has 1 N–H and O–H groups in total. The molecule has 31 heavy (non-hydrogen) atoms. The number of aliphatic hydroxyl groups is 1. The molecular weight excluding hydrogens is 418 g/mol. The lowest BCUT2D eigenvalue weighted by Gasteiger charge is -2.42. The number of benzene rings is 2. The molecule has 2 aromatic carbocycles. The topological polar surface area (TPSA) is 63.8 Å². The highest BCUT2D eigenvalue weighted by molar-refractivity contribution is 7.98. The van der Waals surface area contributed by atoms with E-state index in [1.807, 2.05) is 36.6 Å². The molecule has 4 aromatic rings. The van der Waals surface area contributed by atoms with E-state index < -0.39 is 22.7 Å². The van der Waals surface area contributed by atoms with Crippen LogP contribution in [0.25, 0.3) is 10.9 Å². The fourth-order valence-electron chi connectivity index (χ4n) is 3.78. The third kappa shape index (κ3) is 3.81.